The van der Waals surface area contributed by atoms with Gasteiger partial charge in [-0.05, 0) is 98.5 Å². The van der Waals surface area contributed by atoms with Gasteiger partial charge in [0.1, 0.15) is 0 Å². The smallest absolute Gasteiger partial charge is 0.00520 e. The lowest BCUT2D eigenvalue weighted by atomic mass is 9.70. The van der Waals surface area contributed by atoms with Crippen molar-refractivity contribution in [1.29, 1.82) is 0 Å². The van der Waals surface area contributed by atoms with E-state index in [4.69, 9.17) is 0 Å². The predicted molar refractivity (Wildman–Crippen MR) is 159 cm³/mol. The van der Waals surface area contributed by atoms with Crippen molar-refractivity contribution in [2.75, 3.05) is 0 Å². The average Bonchev–Trinajstić information content (AvgIpc) is 3.19. The summed E-state index contributed by atoms with van der Waals surface area (Å²) in [6.07, 6.45) is 9.55. The molecule has 7 rings (SSSR count). The zero-order valence-electron chi connectivity index (χ0n) is 21.5. The van der Waals surface area contributed by atoms with E-state index in [1.807, 2.05) is 0 Å². The van der Waals surface area contributed by atoms with Gasteiger partial charge in [0.25, 0.3) is 0 Å². The molecule has 2 unspecified atom stereocenters. The van der Waals surface area contributed by atoms with E-state index >= 15 is 0 Å². The molecule has 0 heteroatoms. The molecular formula is C37H32. The second-order valence-corrected chi connectivity index (χ2v) is 10.8. The Morgan fingerprint density at radius 1 is 0.622 bits per heavy atom. The van der Waals surface area contributed by atoms with Crippen molar-refractivity contribution in [1.82, 2.24) is 0 Å². The van der Waals surface area contributed by atoms with Crippen molar-refractivity contribution in [2.45, 2.75) is 44.4 Å². The summed E-state index contributed by atoms with van der Waals surface area (Å²) >= 11 is 0. The molecule has 180 valence electrons. The molecule has 5 aromatic carbocycles. The van der Waals surface area contributed by atoms with Crippen molar-refractivity contribution in [3.05, 3.63) is 138 Å². The van der Waals surface area contributed by atoms with E-state index < -0.39 is 0 Å². The van der Waals surface area contributed by atoms with Crippen molar-refractivity contribution >= 4 is 27.1 Å². The fourth-order valence-electron chi connectivity index (χ4n) is 6.89. The lowest BCUT2D eigenvalue weighted by Gasteiger charge is -2.34. The standard InChI is InChI=1S/C37H32/c1-25-30-15-6-7-18-33(30)34-19-8-9-20-35(34)36(25)23-26-11-10-14-27(22-21-26)37-31-16-4-2-12-28(31)24-29-13-3-5-17-32(29)37/h2-9,12-13,15-22,24-25,36H,10-11,14,23H2,1H3. The van der Waals surface area contributed by atoms with E-state index in [2.05, 4.69) is 122 Å². The fraction of sp³-hybridized carbons (Fsp3) is 0.189. The number of fused-ring (bicyclic) bond motifs is 5. The maximum atomic E-state index is 2.47. The van der Waals surface area contributed by atoms with Crippen molar-refractivity contribution in [2.24, 2.45) is 0 Å². The van der Waals surface area contributed by atoms with E-state index in [0.29, 0.717) is 11.8 Å². The Kier molecular flexibility index (Phi) is 5.55. The number of hydrogen-bond acceptors (Lipinski definition) is 0. The van der Waals surface area contributed by atoms with Crippen LogP contribution >= 0.6 is 0 Å². The zero-order valence-corrected chi connectivity index (χ0v) is 21.5. The minimum absolute atomic E-state index is 0.515. The Morgan fingerprint density at radius 3 is 1.95 bits per heavy atom. The molecule has 0 aromatic heterocycles. The topological polar surface area (TPSA) is 0 Å². The first-order chi connectivity index (χ1) is 18.3. The quantitative estimate of drug-likeness (QED) is 0.227. The summed E-state index contributed by atoms with van der Waals surface area (Å²) in [6.45, 7) is 2.43. The lowest BCUT2D eigenvalue weighted by Crippen LogP contribution is -2.16. The Morgan fingerprint density at radius 2 is 1.22 bits per heavy atom. The highest BCUT2D eigenvalue weighted by atomic mass is 14.3. The largest absolute Gasteiger partial charge is 0.0696 e. The normalized spacial score (nSPS) is 19.1. The molecule has 37 heavy (non-hydrogen) atoms. The second-order valence-electron chi connectivity index (χ2n) is 10.8. The molecule has 0 radical (unpaired) electrons. The third-order valence-electron chi connectivity index (χ3n) is 8.74. The van der Waals surface area contributed by atoms with Crippen molar-refractivity contribution < 1.29 is 0 Å². The first-order valence-corrected chi connectivity index (χ1v) is 13.8. The highest BCUT2D eigenvalue weighted by Crippen LogP contribution is 2.49. The summed E-state index contributed by atoms with van der Waals surface area (Å²) in [7, 11) is 0. The van der Waals surface area contributed by atoms with Gasteiger partial charge in [-0.2, -0.15) is 0 Å². The van der Waals surface area contributed by atoms with E-state index in [1.165, 1.54) is 67.8 Å². The fourth-order valence-corrected chi connectivity index (χ4v) is 6.89. The molecule has 0 N–H and O–H groups in total. The summed E-state index contributed by atoms with van der Waals surface area (Å²) in [5.41, 5.74) is 10.4. The van der Waals surface area contributed by atoms with Gasteiger partial charge in [-0.3, -0.25) is 0 Å². The molecule has 2 aliphatic rings. The highest BCUT2D eigenvalue weighted by molar-refractivity contribution is 6.09. The molecule has 0 amide bonds. The maximum absolute atomic E-state index is 2.47. The molecule has 0 saturated carbocycles. The van der Waals surface area contributed by atoms with Crippen molar-refractivity contribution in [3.8, 4) is 11.1 Å². The number of allylic oxidation sites excluding steroid dienone is 4. The molecule has 0 spiro atoms. The van der Waals surface area contributed by atoms with Crippen LogP contribution in [0.2, 0.25) is 0 Å². The van der Waals surface area contributed by atoms with Crippen molar-refractivity contribution in [3.63, 3.8) is 0 Å². The highest BCUT2D eigenvalue weighted by Gasteiger charge is 2.31. The minimum Gasteiger partial charge on any atom is -0.0696 e. The molecule has 2 aliphatic carbocycles. The number of rotatable bonds is 3. The van der Waals surface area contributed by atoms with Crippen LogP contribution in [0.1, 0.15) is 61.1 Å². The third-order valence-corrected chi connectivity index (χ3v) is 8.74. The molecule has 0 nitrogen and oxygen atoms in total. The summed E-state index contributed by atoms with van der Waals surface area (Å²) < 4.78 is 0. The summed E-state index contributed by atoms with van der Waals surface area (Å²) in [4.78, 5) is 0. The summed E-state index contributed by atoms with van der Waals surface area (Å²) in [5, 5.41) is 5.40. The van der Waals surface area contributed by atoms with Crippen LogP contribution in [-0.4, -0.2) is 0 Å². The Hall–Kier alpha value is -3.90. The average molecular weight is 477 g/mol. The SMILES string of the molecule is CC1c2ccccc2-c2ccccc2C1CC1=CC=C(c2c3ccccc3cc3ccccc23)CCC1. The summed E-state index contributed by atoms with van der Waals surface area (Å²) in [6, 6.07) is 38.2. The number of hydrogen-bond donors (Lipinski definition) is 0. The van der Waals surface area contributed by atoms with Crippen LogP contribution in [0.3, 0.4) is 0 Å². The van der Waals surface area contributed by atoms with E-state index in [-0.39, 0.29) is 0 Å². The van der Waals surface area contributed by atoms with Crippen LogP contribution in [-0.2, 0) is 0 Å². The molecule has 0 bridgehead atoms. The molecule has 0 aliphatic heterocycles. The van der Waals surface area contributed by atoms with Crippen LogP contribution in [0.5, 0.6) is 0 Å². The van der Waals surface area contributed by atoms with Crippen LogP contribution in [0.25, 0.3) is 38.2 Å². The summed E-state index contributed by atoms with van der Waals surface area (Å²) in [5.74, 6) is 1.03. The number of benzene rings is 5. The van der Waals surface area contributed by atoms with Gasteiger partial charge in [-0.25, -0.2) is 0 Å². The zero-order chi connectivity index (χ0) is 24.8. The second kappa shape index (κ2) is 9.20. The van der Waals surface area contributed by atoms with Crippen LogP contribution < -0.4 is 0 Å². The monoisotopic (exact) mass is 476 g/mol. The molecule has 2 atom stereocenters. The van der Waals surface area contributed by atoms with Crippen LogP contribution in [0.4, 0.5) is 0 Å². The Balaban J connectivity index is 1.29. The lowest BCUT2D eigenvalue weighted by molar-refractivity contribution is 0.553. The first-order valence-electron chi connectivity index (χ1n) is 13.8. The predicted octanol–water partition coefficient (Wildman–Crippen LogP) is 10.4. The van der Waals surface area contributed by atoms with E-state index in [1.54, 1.807) is 5.57 Å². The molecule has 0 fully saturated rings. The van der Waals surface area contributed by atoms with Gasteiger partial charge in [0.15, 0.2) is 0 Å². The van der Waals surface area contributed by atoms with Gasteiger partial charge in [-0.1, -0.05) is 122 Å². The van der Waals surface area contributed by atoms with Crippen LogP contribution in [0, 0.1) is 0 Å². The van der Waals surface area contributed by atoms with Gasteiger partial charge < -0.3 is 0 Å². The minimum atomic E-state index is 0.515. The van der Waals surface area contributed by atoms with Gasteiger partial charge >= 0.3 is 0 Å². The first kappa shape index (κ1) is 22.3. The third kappa shape index (κ3) is 3.83. The van der Waals surface area contributed by atoms with Gasteiger partial charge in [-0.15, -0.1) is 0 Å². The Bertz CT molecular complexity index is 1640. The van der Waals surface area contributed by atoms with Gasteiger partial charge in [0.2, 0.25) is 0 Å². The van der Waals surface area contributed by atoms with Gasteiger partial charge in [0, 0.05) is 0 Å². The molecule has 5 aromatic rings. The molecular weight excluding hydrogens is 444 g/mol. The molecule has 0 saturated heterocycles. The Labute approximate surface area is 220 Å². The van der Waals surface area contributed by atoms with Gasteiger partial charge in [0.05, 0.1) is 0 Å². The van der Waals surface area contributed by atoms with Crippen LogP contribution in [0.15, 0.2) is 121 Å². The molecule has 0 heterocycles. The van der Waals surface area contributed by atoms with E-state index in [0.717, 1.165) is 12.8 Å². The van der Waals surface area contributed by atoms with E-state index in [9.17, 15) is 0 Å². The maximum Gasteiger partial charge on any atom is -0.00520 e.